The lowest BCUT2D eigenvalue weighted by Gasteiger charge is -2.14. The van der Waals surface area contributed by atoms with Gasteiger partial charge in [0.05, 0.1) is 0 Å². The molecule has 0 unspecified atom stereocenters. The molecule has 0 atom stereocenters. The van der Waals surface area contributed by atoms with Crippen LogP contribution in [-0.4, -0.2) is 27.9 Å². The molecule has 0 radical (unpaired) electrons. The summed E-state index contributed by atoms with van der Waals surface area (Å²) >= 11 is 4.21. The van der Waals surface area contributed by atoms with Gasteiger partial charge in [-0.25, -0.2) is 0 Å². The molecule has 0 aromatic carbocycles. The van der Waals surface area contributed by atoms with Gasteiger partial charge in [0, 0.05) is 12.8 Å². The molecular formula is C18H34O4S. The van der Waals surface area contributed by atoms with Crippen molar-refractivity contribution in [1.82, 2.24) is 0 Å². The molecule has 136 valence electrons. The molecule has 0 aliphatic heterocycles. The van der Waals surface area contributed by atoms with Gasteiger partial charge in [0.15, 0.2) is 0 Å². The number of carboxylic acids is 2. The van der Waals surface area contributed by atoms with E-state index < -0.39 is 11.9 Å². The fraction of sp³-hybridized carbons (Fsp3) is 0.889. The van der Waals surface area contributed by atoms with Crippen LogP contribution in [0, 0.1) is 5.92 Å². The molecule has 0 saturated heterocycles. The minimum atomic E-state index is -0.789. The number of hydrogen-bond acceptors (Lipinski definition) is 3. The minimum absolute atomic E-state index is 0.149. The Morgan fingerprint density at radius 1 is 0.652 bits per heavy atom. The molecular weight excluding hydrogens is 312 g/mol. The minimum Gasteiger partial charge on any atom is -0.481 e. The van der Waals surface area contributed by atoms with E-state index in [1.54, 1.807) is 0 Å². The highest BCUT2D eigenvalue weighted by atomic mass is 32.1. The molecule has 0 aliphatic carbocycles. The van der Waals surface area contributed by atoms with E-state index in [9.17, 15) is 9.59 Å². The van der Waals surface area contributed by atoms with E-state index in [0.717, 1.165) is 18.6 Å². The van der Waals surface area contributed by atoms with E-state index in [2.05, 4.69) is 12.6 Å². The summed E-state index contributed by atoms with van der Waals surface area (Å²) in [6, 6.07) is 0. The maximum absolute atomic E-state index is 10.7. The van der Waals surface area contributed by atoms with Crippen molar-refractivity contribution in [3.63, 3.8) is 0 Å². The first kappa shape index (κ1) is 22.3. The molecule has 0 rings (SSSR count). The first-order valence-corrected chi connectivity index (χ1v) is 9.74. The van der Waals surface area contributed by atoms with Gasteiger partial charge in [0.2, 0.25) is 0 Å². The Hall–Kier alpha value is -0.710. The fourth-order valence-corrected chi connectivity index (χ4v) is 3.09. The number of carbonyl (C=O) groups is 2. The van der Waals surface area contributed by atoms with Gasteiger partial charge in [0.1, 0.15) is 0 Å². The average Bonchev–Trinajstić information content (AvgIpc) is 2.50. The van der Waals surface area contributed by atoms with Gasteiger partial charge in [0.25, 0.3) is 0 Å². The van der Waals surface area contributed by atoms with Crippen molar-refractivity contribution in [2.24, 2.45) is 5.92 Å². The second-order valence-corrected chi connectivity index (χ2v) is 6.87. The third kappa shape index (κ3) is 17.5. The molecule has 23 heavy (non-hydrogen) atoms. The van der Waals surface area contributed by atoms with Gasteiger partial charge >= 0.3 is 11.9 Å². The lowest BCUT2D eigenvalue weighted by atomic mass is 9.91. The van der Waals surface area contributed by atoms with Crippen LogP contribution in [0.25, 0.3) is 0 Å². The lowest BCUT2D eigenvalue weighted by Crippen LogP contribution is -2.07. The Kier molecular flexibility index (Phi) is 15.7. The standard InChI is InChI=1S/C18H34O4S/c19-17(20)13-11-16(12-14-18(21)22)10-8-6-4-2-1-3-5-7-9-15-23/h16,23H,1-15H2,(H,19,20)(H,21,22). The largest absolute Gasteiger partial charge is 0.481 e. The van der Waals surface area contributed by atoms with Gasteiger partial charge in [-0.3, -0.25) is 9.59 Å². The highest BCUT2D eigenvalue weighted by molar-refractivity contribution is 7.80. The van der Waals surface area contributed by atoms with Crippen LogP contribution in [0.1, 0.15) is 89.9 Å². The molecule has 0 fully saturated rings. The number of thiol groups is 1. The van der Waals surface area contributed by atoms with Gasteiger partial charge in [-0.05, 0) is 30.9 Å². The van der Waals surface area contributed by atoms with Crippen LogP contribution < -0.4 is 0 Å². The van der Waals surface area contributed by atoms with Crippen molar-refractivity contribution >= 4 is 24.6 Å². The zero-order chi connectivity index (χ0) is 17.3. The summed E-state index contributed by atoms with van der Waals surface area (Å²) in [6.07, 6.45) is 13.7. The first-order valence-electron chi connectivity index (χ1n) is 9.10. The van der Waals surface area contributed by atoms with Crippen molar-refractivity contribution in [2.75, 3.05) is 5.75 Å². The smallest absolute Gasteiger partial charge is 0.303 e. The normalized spacial score (nSPS) is 11.0. The number of rotatable bonds is 17. The summed E-state index contributed by atoms with van der Waals surface area (Å²) in [5, 5.41) is 17.5. The van der Waals surface area contributed by atoms with Gasteiger partial charge in [-0.2, -0.15) is 12.6 Å². The number of hydrogen-bond donors (Lipinski definition) is 3. The van der Waals surface area contributed by atoms with Crippen LogP contribution in [0.4, 0.5) is 0 Å². The van der Waals surface area contributed by atoms with Crippen molar-refractivity contribution < 1.29 is 19.8 Å². The summed E-state index contributed by atoms with van der Waals surface area (Å²) in [5.41, 5.74) is 0. The van der Waals surface area contributed by atoms with E-state index in [1.165, 1.54) is 51.4 Å². The molecule has 0 bridgehead atoms. The van der Waals surface area contributed by atoms with Crippen molar-refractivity contribution in [3.8, 4) is 0 Å². The molecule has 0 aromatic heterocycles. The predicted octanol–water partition coefficient (Wildman–Crippen LogP) is 5.16. The van der Waals surface area contributed by atoms with Crippen LogP contribution in [-0.2, 0) is 9.59 Å². The molecule has 0 spiro atoms. The summed E-state index contributed by atoms with van der Waals surface area (Å²) in [7, 11) is 0. The monoisotopic (exact) mass is 346 g/mol. The second kappa shape index (κ2) is 16.2. The third-order valence-electron chi connectivity index (χ3n) is 4.30. The molecule has 0 amide bonds. The Bertz CT molecular complexity index is 289. The van der Waals surface area contributed by atoms with Crippen LogP contribution >= 0.6 is 12.6 Å². The SMILES string of the molecule is O=C(O)CCC(CCCCCCCCCCCS)CCC(=O)O. The van der Waals surface area contributed by atoms with E-state index in [0.29, 0.717) is 12.8 Å². The molecule has 2 N–H and O–H groups in total. The maximum Gasteiger partial charge on any atom is 0.303 e. The molecule has 4 nitrogen and oxygen atoms in total. The molecule has 0 aliphatic rings. The summed E-state index contributed by atoms with van der Waals surface area (Å²) in [4.78, 5) is 21.3. The molecule has 5 heteroatoms. The Morgan fingerprint density at radius 2 is 1.04 bits per heavy atom. The fourth-order valence-electron chi connectivity index (χ4n) is 2.87. The van der Waals surface area contributed by atoms with E-state index >= 15 is 0 Å². The van der Waals surface area contributed by atoms with Crippen LogP contribution in [0.2, 0.25) is 0 Å². The zero-order valence-corrected chi connectivity index (χ0v) is 15.2. The predicted molar refractivity (Wildman–Crippen MR) is 97.3 cm³/mol. The van der Waals surface area contributed by atoms with Gasteiger partial charge in [-0.15, -0.1) is 0 Å². The highest BCUT2D eigenvalue weighted by Crippen LogP contribution is 2.22. The summed E-state index contributed by atoms with van der Waals surface area (Å²) < 4.78 is 0. The van der Waals surface area contributed by atoms with Gasteiger partial charge < -0.3 is 10.2 Å². The first-order chi connectivity index (χ1) is 11.1. The average molecular weight is 347 g/mol. The van der Waals surface area contributed by atoms with Crippen molar-refractivity contribution in [3.05, 3.63) is 0 Å². The Labute approximate surface area is 146 Å². The molecule has 0 aromatic rings. The van der Waals surface area contributed by atoms with E-state index in [-0.39, 0.29) is 18.8 Å². The van der Waals surface area contributed by atoms with Crippen molar-refractivity contribution in [2.45, 2.75) is 89.9 Å². The summed E-state index contributed by atoms with van der Waals surface area (Å²) in [6.45, 7) is 0. The van der Waals surface area contributed by atoms with Crippen LogP contribution in [0.15, 0.2) is 0 Å². The Morgan fingerprint density at radius 3 is 1.43 bits per heavy atom. The lowest BCUT2D eigenvalue weighted by molar-refractivity contribution is -0.137. The number of unbranched alkanes of at least 4 members (excludes halogenated alkanes) is 8. The Balaban J connectivity index is 3.60. The molecule has 0 heterocycles. The van der Waals surface area contributed by atoms with E-state index in [1.807, 2.05) is 0 Å². The maximum atomic E-state index is 10.7. The summed E-state index contributed by atoms with van der Waals surface area (Å²) in [5.74, 6) is -0.347. The van der Waals surface area contributed by atoms with Crippen LogP contribution in [0.5, 0.6) is 0 Å². The van der Waals surface area contributed by atoms with E-state index in [4.69, 9.17) is 10.2 Å². The quantitative estimate of drug-likeness (QED) is 0.251. The topological polar surface area (TPSA) is 74.6 Å². The number of carboxylic acid groups (broad SMARTS) is 2. The number of aliphatic carboxylic acids is 2. The zero-order valence-electron chi connectivity index (χ0n) is 14.3. The second-order valence-electron chi connectivity index (χ2n) is 6.43. The van der Waals surface area contributed by atoms with Gasteiger partial charge in [-0.1, -0.05) is 57.8 Å². The molecule has 0 saturated carbocycles. The third-order valence-corrected chi connectivity index (χ3v) is 4.62. The van der Waals surface area contributed by atoms with Crippen molar-refractivity contribution in [1.29, 1.82) is 0 Å². The highest BCUT2D eigenvalue weighted by Gasteiger charge is 2.12. The van der Waals surface area contributed by atoms with Crippen LogP contribution in [0.3, 0.4) is 0 Å².